The van der Waals surface area contributed by atoms with Crippen LogP contribution in [0.1, 0.15) is 52.4 Å². The smallest absolute Gasteiger partial charge is 0.222 e. The number of hydrogen-bond acceptors (Lipinski definition) is 4. The van der Waals surface area contributed by atoms with Crippen molar-refractivity contribution in [3.05, 3.63) is 0 Å². The van der Waals surface area contributed by atoms with E-state index in [2.05, 4.69) is 18.7 Å². The summed E-state index contributed by atoms with van der Waals surface area (Å²) in [6.45, 7) is 9.42. The van der Waals surface area contributed by atoms with Crippen molar-refractivity contribution in [3.8, 4) is 0 Å². The zero-order valence-electron chi connectivity index (χ0n) is 15.4. The van der Waals surface area contributed by atoms with E-state index < -0.39 is 0 Å². The summed E-state index contributed by atoms with van der Waals surface area (Å²) in [4.78, 5) is 17.1. The Morgan fingerprint density at radius 3 is 2.67 bits per heavy atom. The highest BCUT2D eigenvalue weighted by Crippen LogP contribution is 2.40. The first-order valence-corrected chi connectivity index (χ1v) is 9.78. The molecular formula is C19H34N2O3. The molecule has 3 heterocycles. The van der Waals surface area contributed by atoms with E-state index in [9.17, 15) is 9.90 Å². The summed E-state index contributed by atoms with van der Waals surface area (Å²) >= 11 is 0. The molecule has 5 nitrogen and oxygen atoms in total. The van der Waals surface area contributed by atoms with E-state index in [1.54, 1.807) is 0 Å². The zero-order chi connectivity index (χ0) is 17.2. The zero-order valence-corrected chi connectivity index (χ0v) is 15.4. The lowest BCUT2D eigenvalue weighted by molar-refractivity contribution is -0.144. The van der Waals surface area contributed by atoms with Gasteiger partial charge in [0.15, 0.2) is 0 Å². The molecule has 0 unspecified atom stereocenters. The minimum atomic E-state index is -0.275. The van der Waals surface area contributed by atoms with Crippen molar-refractivity contribution >= 4 is 5.91 Å². The number of ether oxygens (including phenoxy) is 1. The molecule has 1 spiro atoms. The molecule has 24 heavy (non-hydrogen) atoms. The van der Waals surface area contributed by atoms with E-state index in [0.717, 1.165) is 71.5 Å². The molecular weight excluding hydrogens is 304 g/mol. The van der Waals surface area contributed by atoms with Gasteiger partial charge in [0, 0.05) is 57.3 Å². The Kier molecular flexibility index (Phi) is 5.83. The van der Waals surface area contributed by atoms with Gasteiger partial charge in [-0.15, -0.1) is 0 Å². The highest BCUT2D eigenvalue weighted by molar-refractivity contribution is 5.76. The minimum absolute atomic E-state index is 0.124. The number of nitrogens with zero attached hydrogens (tertiary/aromatic N) is 2. The SMILES string of the molecule is CC(C)CC(=O)N1CCC[C@]2(C1)CN(C1CCOCC1)CC[C@H]2O. The third kappa shape index (κ3) is 3.94. The number of likely N-dealkylation sites (tertiary alicyclic amines) is 2. The molecule has 1 N–H and O–H groups in total. The van der Waals surface area contributed by atoms with Crippen LogP contribution in [0, 0.1) is 11.3 Å². The van der Waals surface area contributed by atoms with Gasteiger partial charge >= 0.3 is 0 Å². The molecule has 2 atom stereocenters. The number of carbonyl (C=O) groups excluding carboxylic acids is 1. The number of hydrogen-bond donors (Lipinski definition) is 1. The summed E-state index contributed by atoms with van der Waals surface area (Å²) in [5.74, 6) is 0.657. The minimum Gasteiger partial charge on any atom is -0.392 e. The fourth-order valence-electron chi connectivity index (χ4n) is 4.80. The second kappa shape index (κ2) is 7.71. The van der Waals surface area contributed by atoms with Gasteiger partial charge in [0.1, 0.15) is 0 Å². The van der Waals surface area contributed by atoms with Crippen LogP contribution in [-0.4, -0.2) is 72.4 Å². The average Bonchev–Trinajstić information content (AvgIpc) is 2.58. The van der Waals surface area contributed by atoms with E-state index in [1.165, 1.54) is 0 Å². The Morgan fingerprint density at radius 2 is 1.96 bits per heavy atom. The molecule has 0 aliphatic carbocycles. The van der Waals surface area contributed by atoms with E-state index >= 15 is 0 Å². The first kappa shape index (κ1) is 18.2. The monoisotopic (exact) mass is 338 g/mol. The molecule has 0 bridgehead atoms. The quantitative estimate of drug-likeness (QED) is 0.854. The predicted octanol–water partition coefficient (Wildman–Crippen LogP) is 1.89. The van der Waals surface area contributed by atoms with Gasteiger partial charge in [-0.3, -0.25) is 9.69 Å². The molecule has 3 saturated heterocycles. The Morgan fingerprint density at radius 1 is 1.21 bits per heavy atom. The number of rotatable bonds is 3. The molecule has 3 fully saturated rings. The molecule has 5 heteroatoms. The maximum Gasteiger partial charge on any atom is 0.222 e. The lowest BCUT2D eigenvalue weighted by Gasteiger charge is -2.53. The number of aliphatic hydroxyl groups is 1. The average molecular weight is 338 g/mol. The van der Waals surface area contributed by atoms with Gasteiger partial charge in [0.2, 0.25) is 5.91 Å². The fourth-order valence-corrected chi connectivity index (χ4v) is 4.80. The summed E-state index contributed by atoms with van der Waals surface area (Å²) in [5, 5.41) is 10.8. The maximum atomic E-state index is 12.5. The van der Waals surface area contributed by atoms with Crippen LogP contribution in [0.2, 0.25) is 0 Å². The van der Waals surface area contributed by atoms with Crippen LogP contribution in [0.25, 0.3) is 0 Å². The Hall–Kier alpha value is -0.650. The van der Waals surface area contributed by atoms with E-state index in [-0.39, 0.29) is 17.4 Å². The van der Waals surface area contributed by atoms with Crippen LogP contribution in [0.4, 0.5) is 0 Å². The van der Waals surface area contributed by atoms with Crippen LogP contribution in [0.5, 0.6) is 0 Å². The van der Waals surface area contributed by atoms with Gasteiger partial charge < -0.3 is 14.7 Å². The van der Waals surface area contributed by atoms with Gasteiger partial charge in [-0.25, -0.2) is 0 Å². The largest absolute Gasteiger partial charge is 0.392 e. The molecule has 1 amide bonds. The third-order valence-corrected chi connectivity index (χ3v) is 6.17. The summed E-state index contributed by atoms with van der Waals surface area (Å²) in [5.41, 5.74) is -0.124. The van der Waals surface area contributed by atoms with Gasteiger partial charge in [0.05, 0.1) is 6.10 Å². The molecule has 0 saturated carbocycles. The Balaban J connectivity index is 1.67. The van der Waals surface area contributed by atoms with Crippen molar-refractivity contribution in [1.82, 2.24) is 9.80 Å². The van der Waals surface area contributed by atoms with Crippen LogP contribution < -0.4 is 0 Å². The lowest BCUT2D eigenvalue weighted by atomic mass is 9.71. The molecule has 0 aromatic heterocycles. The lowest BCUT2D eigenvalue weighted by Crippen LogP contribution is -2.61. The Labute approximate surface area is 146 Å². The van der Waals surface area contributed by atoms with Crippen LogP contribution in [0.15, 0.2) is 0 Å². The van der Waals surface area contributed by atoms with E-state index in [4.69, 9.17) is 4.74 Å². The highest BCUT2D eigenvalue weighted by Gasteiger charge is 2.47. The normalized spacial score (nSPS) is 33.3. The number of piperidine rings is 2. The van der Waals surface area contributed by atoms with E-state index in [0.29, 0.717) is 18.4 Å². The summed E-state index contributed by atoms with van der Waals surface area (Å²) in [6, 6.07) is 0.588. The van der Waals surface area contributed by atoms with Gasteiger partial charge in [-0.05, 0) is 38.0 Å². The number of aliphatic hydroxyl groups excluding tert-OH is 1. The summed E-state index contributed by atoms with van der Waals surface area (Å²) < 4.78 is 5.51. The van der Waals surface area contributed by atoms with Crippen molar-refractivity contribution in [2.45, 2.75) is 64.5 Å². The standard InChI is InChI=1S/C19H34N2O3/c1-15(2)12-18(23)21-8-3-7-19(14-21)13-20(9-4-17(19)22)16-5-10-24-11-6-16/h15-17,22H,3-14H2,1-2H3/t17-,19-/m1/s1. The summed E-state index contributed by atoms with van der Waals surface area (Å²) in [6.07, 6.45) is 5.44. The van der Waals surface area contributed by atoms with Gasteiger partial charge in [0.25, 0.3) is 0 Å². The van der Waals surface area contributed by atoms with Gasteiger partial charge in [-0.2, -0.15) is 0 Å². The molecule has 0 radical (unpaired) electrons. The molecule has 3 rings (SSSR count). The molecule has 0 aromatic carbocycles. The Bertz CT molecular complexity index is 436. The topological polar surface area (TPSA) is 53.0 Å². The van der Waals surface area contributed by atoms with Crippen molar-refractivity contribution in [2.24, 2.45) is 11.3 Å². The molecule has 138 valence electrons. The van der Waals surface area contributed by atoms with Crippen LogP contribution in [0.3, 0.4) is 0 Å². The van der Waals surface area contributed by atoms with Gasteiger partial charge in [-0.1, -0.05) is 13.8 Å². The first-order chi connectivity index (χ1) is 11.5. The number of carbonyl (C=O) groups is 1. The number of amides is 1. The molecule has 3 aliphatic rings. The third-order valence-electron chi connectivity index (χ3n) is 6.17. The van der Waals surface area contributed by atoms with Crippen LogP contribution in [-0.2, 0) is 9.53 Å². The fraction of sp³-hybridized carbons (Fsp3) is 0.947. The summed E-state index contributed by atoms with van der Waals surface area (Å²) in [7, 11) is 0. The maximum absolute atomic E-state index is 12.5. The predicted molar refractivity (Wildman–Crippen MR) is 93.7 cm³/mol. The van der Waals surface area contributed by atoms with Crippen molar-refractivity contribution < 1.29 is 14.6 Å². The highest BCUT2D eigenvalue weighted by atomic mass is 16.5. The van der Waals surface area contributed by atoms with Crippen molar-refractivity contribution in [1.29, 1.82) is 0 Å². The van der Waals surface area contributed by atoms with Crippen molar-refractivity contribution in [3.63, 3.8) is 0 Å². The molecule has 3 aliphatic heterocycles. The molecule has 0 aromatic rings. The first-order valence-electron chi connectivity index (χ1n) is 9.78. The van der Waals surface area contributed by atoms with E-state index in [1.807, 2.05) is 4.90 Å². The van der Waals surface area contributed by atoms with Crippen molar-refractivity contribution in [2.75, 3.05) is 39.4 Å². The van der Waals surface area contributed by atoms with Crippen LogP contribution >= 0.6 is 0 Å². The second-order valence-electron chi connectivity index (χ2n) is 8.50. The second-order valence-corrected chi connectivity index (χ2v) is 8.50.